The fraction of sp³-hybridized carbons (Fsp3) is 0.406. The number of nitrogens with one attached hydrogen (secondary N) is 4. The first-order valence-electron chi connectivity index (χ1n) is 29.2. The molecule has 0 saturated carbocycles. The average Bonchev–Trinajstić information content (AvgIpc) is 1.89. The second kappa shape index (κ2) is 30.5. The van der Waals surface area contributed by atoms with Gasteiger partial charge in [0.2, 0.25) is 23.6 Å². The number of rotatable bonds is 29. The highest BCUT2D eigenvalue weighted by Crippen LogP contribution is 2.43. The van der Waals surface area contributed by atoms with Crippen LogP contribution >= 0.6 is 35.3 Å². The van der Waals surface area contributed by atoms with Crippen molar-refractivity contribution in [1.29, 1.82) is 0 Å². The summed E-state index contributed by atoms with van der Waals surface area (Å²) < 4.78 is 34.8. The molecule has 4 aromatic carbocycles. The molecule has 0 aromatic heterocycles. The topological polar surface area (TPSA) is 291 Å². The Kier molecular flexibility index (Phi) is 22.4. The summed E-state index contributed by atoms with van der Waals surface area (Å²) in [6.45, 7) is 4.94. The lowest BCUT2D eigenvalue weighted by Gasteiger charge is -2.24. The number of Topliss-reactive ketones (excluding diaryl/α,β-unsaturated/α-hetero) is 1. The van der Waals surface area contributed by atoms with Gasteiger partial charge in [-0.15, -0.1) is 23.5 Å². The Morgan fingerprint density at radius 1 is 0.700 bits per heavy atom. The van der Waals surface area contributed by atoms with Crippen molar-refractivity contribution in [2.24, 2.45) is 21.8 Å². The monoisotopic (exact) mass is 1290 g/mol. The van der Waals surface area contributed by atoms with Crippen LogP contribution in [0.15, 0.2) is 95.2 Å². The Hall–Kier alpha value is -8.33. The third kappa shape index (κ3) is 16.0. The number of thioether (sulfide) groups is 3. The third-order valence-electron chi connectivity index (χ3n) is 15.5. The molecule has 4 aromatic rings. The number of hydrogen-bond acceptors (Lipinski definition) is 19. The van der Waals surface area contributed by atoms with Crippen molar-refractivity contribution in [3.05, 3.63) is 107 Å². The second-order valence-corrected chi connectivity index (χ2v) is 25.6. The maximum absolute atomic E-state index is 14.2. The first-order valence-corrected chi connectivity index (χ1v) is 32.7. The van der Waals surface area contributed by atoms with Crippen LogP contribution in [0.1, 0.15) is 78.3 Å². The molecule has 5 aliphatic heterocycles. The number of ketones is 1. The van der Waals surface area contributed by atoms with Crippen molar-refractivity contribution >= 4 is 123 Å². The van der Waals surface area contributed by atoms with Crippen molar-refractivity contribution in [3.8, 4) is 28.7 Å². The van der Waals surface area contributed by atoms with E-state index in [9.17, 15) is 43.5 Å². The number of ether oxygens (including phenoxy) is 6. The highest BCUT2D eigenvalue weighted by atomic mass is 32.2. The number of aliphatic imine (C=N–C) groups is 2. The number of anilines is 1. The van der Waals surface area contributed by atoms with E-state index in [4.69, 9.17) is 38.4 Å². The van der Waals surface area contributed by atoms with Crippen molar-refractivity contribution in [2.45, 2.75) is 81.2 Å². The molecule has 5 aliphatic rings. The van der Waals surface area contributed by atoms with Crippen molar-refractivity contribution in [3.63, 3.8) is 0 Å². The van der Waals surface area contributed by atoms with Gasteiger partial charge >= 0.3 is 5.97 Å². The minimum atomic E-state index is -1.09. The zero-order chi connectivity index (χ0) is 64.2. The molecule has 7 atom stereocenters. The number of aliphatic carboxylic acids is 1. The number of nitrogens with zero attached hydrogens (tertiary/aromatic N) is 4. The molecule has 90 heavy (non-hydrogen) atoms. The average molecular weight is 1290 g/mol. The molecule has 0 radical (unpaired) electrons. The first kappa shape index (κ1) is 66.1. The minimum absolute atomic E-state index is 0.0442. The molecule has 23 nitrogen and oxygen atoms in total. The van der Waals surface area contributed by atoms with Crippen molar-refractivity contribution in [1.82, 2.24) is 25.8 Å². The Labute approximate surface area is 533 Å². The van der Waals surface area contributed by atoms with Gasteiger partial charge in [0.1, 0.15) is 22.9 Å². The van der Waals surface area contributed by atoms with E-state index in [0.717, 1.165) is 39.8 Å². The Morgan fingerprint density at radius 2 is 1.24 bits per heavy atom. The zero-order valence-corrected chi connectivity index (χ0v) is 53.3. The Bertz CT molecular complexity index is 3510. The number of amides is 6. The lowest BCUT2D eigenvalue weighted by Crippen LogP contribution is -2.49. The molecule has 0 bridgehead atoms. The predicted octanol–water partition coefficient (Wildman–Crippen LogP) is 7.42. The summed E-state index contributed by atoms with van der Waals surface area (Å²) >= 11 is 3.69. The van der Waals surface area contributed by atoms with Crippen LogP contribution in [0.25, 0.3) is 11.1 Å². The summed E-state index contributed by atoms with van der Waals surface area (Å²) in [6, 6.07) is 20.0. The molecular weight excluding hydrogens is 1220 g/mol. The van der Waals surface area contributed by atoms with Gasteiger partial charge in [-0.1, -0.05) is 45.0 Å². The van der Waals surface area contributed by atoms with Crippen LogP contribution in [0, 0.1) is 11.8 Å². The lowest BCUT2D eigenvalue weighted by atomic mass is 9.92. The minimum Gasteiger partial charge on any atom is -0.497 e. The predicted molar refractivity (Wildman–Crippen MR) is 346 cm³/mol. The van der Waals surface area contributed by atoms with Crippen molar-refractivity contribution in [2.75, 3.05) is 76.6 Å². The van der Waals surface area contributed by atoms with E-state index in [2.05, 4.69) is 21.3 Å². The van der Waals surface area contributed by atoms with Crippen LogP contribution in [0.3, 0.4) is 0 Å². The molecule has 1 fully saturated rings. The summed E-state index contributed by atoms with van der Waals surface area (Å²) in [7, 11) is 4.63. The van der Waals surface area contributed by atoms with E-state index >= 15 is 0 Å². The standard InChI is InChI=1S/C64H72N8O15S3/c1-35(2)57(70-55(74)32-87-45(28-67-56(75)33-88-7)29-68-61(77)58-59(64(80)81)90-34-89-58)50(73)19-36(3)60(76)69-41-13-9-37(10-14-41)39-20-42-26-65-48-24-53(51(83-5)22-46(48)62(78)71(42)30-39)85-17-8-18-86-54-25-49-47(23-52(54)84-6)63(79)72-31-40(21-43(72)27-66-49)38-11-15-44(82-4)16-12-38/h9-16,22-27,30-31,35-36,42-43,45,57-59H,8,17-21,28-29,32-34H2,1-7H3,(H,67,75)(H,68,77)(H,69,76)(H,70,74)(H,80,81)/t36-,42+,43+,45?,57+,58?,59?/m1/s1. The largest absolute Gasteiger partial charge is 0.497 e. The van der Waals surface area contributed by atoms with Crippen LogP contribution in [-0.2, 0) is 33.5 Å². The summed E-state index contributed by atoms with van der Waals surface area (Å²) in [5.41, 5.74) is 5.84. The summed E-state index contributed by atoms with van der Waals surface area (Å²) in [4.78, 5) is 118. The van der Waals surface area contributed by atoms with Gasteiger partial charge in [0.05, 0.1) is 87.0 Å². The smallest absolute Gasteiger partial charge is 0.318 e. The second-order valence-electron chi connectivity index (χ2n) is 22.1. The summed E-state index contributed by atoms with van der Waals surface area (Å²) in [5.74, 6) is -2.36. The molecule has 0 spiro atoms. The van der Waals surface area contributed by atoms with Gasteiger partial charge in [-0.2, -0.15) is 11.8 Å². The lowest BCUT2D eigenvalue weighted by molar-refractivity contribution is -0.138. The number of hydrogen-bond donors (Lipinski definition) is 5. The number of benzene rings is 4. The molecule has 1 saturated heterocycles. The summed E-state index contributed by atoms with van der Waals surface area (Å²) in [6.07, 6.45) is 9.47. The molecule has 0 aliphatic carbocycles. The summed E-state index contributed by atoms with van der Waals surface area (Å²) in [5, 5.41) is 19.2. The van der Waals surface area contributed by atoms with E-state index in [1.807, 2.05) is 42.6 Å². The number of carboxylic acid groups (broad SMARTS) is 1. The molecule has 476 valence electrons. The van der Waals surface area contributed by atoms with Gasteiger partial charge < -0.3 is 64.6 Å². The zero-order valence-electron chi connectivity index (χ0n) is 50.8. The van der Waals surface area contributed by atoms with Gasteiger partial charge in [0.15, 0.2) is 28.8 Å². The van der Waals surface area contributed by atoms with E-state index in [1.54, 1.807) is 99.0 Å². The maximum Gasteiger partial charge on any atom is 0.318 e. The number of carboxylic acids is 1. The SMILES string of the molecule is COc1ccc(C2=CN3C(=O)c4cc(OC)c(OCCCOc5cc6c(cc5OC)C(=O)N5C=C(c7ccc(NC(=O)[C@H](C)CC(=O)[C@@H](NC(=O)COC(CNC(=O)CSC)CNC(=O)C8SCSC8C(=O)O)C(C)C)cc7)C[C@H]5C=N6)cc4N=C[C@@H]3C2)cc1. The molecule has 9 rings (SSSR count). The van der Waals surface area contributed by atoms with Gasteiger partial charge in [-0.3, -0.25) is 48.3 Å². The van der Waals surface area contributed by atoms with E-state index < -0.39 is 58.9 Å². The Balaban J connectivity index is 0.737. The van der Waals surface area contributed by atoms with Crippen LogP contribution in [0.2, 0.25) is 0 Å². The fourth-order valence-electron chi connectivity index (χ4n) is 10.6. The molecular formula is C64H72N8O15S3. The van der Waals surface area contributed by atoms with Crippen LogP contribution in [-0.4, -0.2) is 181 Å². The Morgan fingerprint density at radius 3 is 1.77 bits per heavy atom. The van der Waals surface area contributed by atoms with E-state index in [0.29, 0.717) is 75.5 Å². The van der Waals surface area contributed by atoms with Crippen LogP contribution < -0.4 is 45.0 Å². The molecule has 26 heteroatoms. The normalized spacial score (nSPS) is 18.9. The molecule has 5 N–H and O–H groups in total. The molecule has 6 amide bonds. The molecule has 5 heterocycles. The van der Waals surface area contributed by atoms with Crippen molar-refractivity contribution < 1.29 is 71.9 Å². The first-order chi connectivity index (χ1) is 43.4. The fourth-order valence-corrected chi connectivity index (χ4v) is 13.9. The van der Waals surface area contributed by atoms with Gasteiger partial charge in [0, 0.05) is 92.4 Å². The highest BCUT2D eigenvalue weighted by molar-refractivity contribution is 8.20. The van der Waals surface area contributed by atoms with E-state index in [-0.39, 0.29) is 80.0 Å². The van der Waals surface area contributed by atoms with Crippen LogP contribution in [0.4, 0.5) is 17.1 Å². The number of carbonyl (C=O) groups excluding carboxylic acids is 7. The quantitative estimate of drug-likeness (QED) is 0.0331. The number of fused-ring (bicyclic) bond motifs is 4. The van der Waals surface area contributed by atoms with Crippen LogP contribution in [0.5, 0.6) is 28.7 Å². The number of methoxy groups -OCH3 is 3. The molecule has 3 unspecified atom stereocenters. The third-order valence-corrected chi connectivity index (χ3v) is 19.0. The van der Waals surface area contributed by atoms with E-state index in [1.165, 1.54) is 37.7 Å². The highest BCUT2D eigenvalue weighted by Gasteiger charge is 2.40. The van der Waals surface area contributed by atoms with Gasteiger partial charge in [0.25, 0.3) is 11.8 Å². The number of carbonyl (C=O) groups is 8. The van der Waals surface area contributed by atoms with Gasteiger partial charge in [-0.05, 0) is 70.8 Å². The van der Waals surface area contributed by atoms with Gasteiger partial charge in [-0.25, -0.2) is 0 Å². The maximum atomic E-state index is 14.2.